The molecule has 3 nitrogen and oxygen atoms in total. The van der Waals surface area contributed by atoms with E-state index in [9.17, 15) is 4.79 Å². The number of rotatable bonds is 4. The Morgan fingerprint density at radius 3 is 2.87 bits per heavy atom. The minimum atomic E-state index is -0.199. The molecule has 0 aromatic carbocycles. The SMILES string of the molecule is CCOC(=O)[C@]1(CC2CC2)CCCNC1. The smallest absolute Gasteiger partial charge is 0.313 e. The van der Waals surface area contributed by atoms with Gasteiger partial charge in [-0.1, -0.05) is 12.8 Å². The van der Waals surface area contributed by atoms with Gasteiger partial charge in [0, 0.05) is 6.54 Å². The second-order valence-electron chi connectivity index (χ2n) is 4.93. The number of hydrogen-bond donors (Lipinski definition) is 1. The van der Waals surface area contributed by atoms with Crippen LogP contribution in [0.4, 0.5) is 0 Å². The van der Waals surface area contributed by atoms with Gasteiger partial charge in [0.15, 0.2) is 0 Å². The van der Waals surface area contributed by atoms with Crippen molar-refractivity contribution in [2.24, 2.45) is 11.3 Å². The maximum Gasteiger partial charge on any atom is 0.313 e. The molecule has 86 valence electrons. The Labute approximate surface area is 91.6 Å². The summed E-state index contributed by atoms with van der Waals surface area (Å²) >= 11 is 0. The largest absolute Gasteiger partial charge is 0.466 e. The Balaban J connectivity index is 2.01. The summed E-state index contributed by atoms with van der Waals surface area (Å²) in [5.74, 6) is 0.818. The molecular weight excluding hydrogens is 190 g/mol. The summed E-state index contributed by atoms with van der Waals surface area (Å²) in [6, 6.07) is 0. The van der Waals surface area contributed by atoms with E-state index in [0.29, 0.717) is 6.61 Å². The van der Waals surface area contributed by atoms with Crippen molar-refractivity contribution >= 4 is 5.97 Å². The normalized spacial score (nSPS) is 31.3. The van der Waals surface area contributed by atoms with Crippen LogP contribution in [0.5, 0.6) is 0 Å². The molecule has 15 heavy (non-hydrogen) atoms. The van der Waals surface area contributed by atoms with Gasteiger partial charge in [-0.3, -0.25) is 4.79 Å². The van der Waals surface area contributed by atoms with Crippen LogP contribution in [0, 0.1) is 11.3 Å². The molecule has 0 bridgehead atoms. The molecule has 2 fully saturated rings. The predicted molar refractivity (Wildman–Crippen MR) is 58.5 cm³/mol. The molecule has 1 N–H and O–H groups in total. The van der Waals surface area contributed by atoms with Gasteiger partial charge < -0.3 is 10.1 Å². The topological polar surface area (TPSA) is 38.3 Å². The Morgan fingerprint density at radius 2 is 2.33 bits per heavy atom. The van der Waals surface area contributed by atoms with Crippen molar-refractivity contribution in [3.8, 4) is 0 Å². The monoisotopic (exact) mass is 211 g/mol. The average Bonchev–Trinajstić information content (AvgIpc) is 3.03. The van der Waals surface area contributed by atoms with Crippen LogP contribution in [0.1, 0.15) is 39.0 Å². The van der Waals surface area contributed by atoms with E-state index >= 15 is 0 Å². The van der Waals surface area contributed by atoms with E-state index in [-0.39, 0.29) is 11.4 Å². The molecule has 0 unspecified atom stereocenters. The van der Waals surface area contributed by atoms with Gasteiger partial charge >= 0.3 is 5.97 Å². The van der Waals surface area contributed by atoms with Crippen LogP contribution in [0.25, 0.3) is 0 Å². The zero-order valence-electron chi connectivity index (χ0n) is 9.55. The van der Waals surface area contributed by atoms with E-state index in [0.717, 1.165) is 38.3 Å². The van der Waals surface area contributed by atoms with E-state index in [1.807, 2.05) is 6.92 Å². The Kier molecular flexibility index (Phi) is 3.29. The van der Waals surface area contributed by atoms with Gasteiger partial charge in [-0.2, -0.15) is 0 Å². The Morgan fingerprint density at radius 1 is 1.53 bits per heavy atom. The number of carbonyl (C=O) groups is 1. The molecule has 1 atom stereocenters. The summed E-state index contributed by atoms with van der Waals surface area (Å²) in [4.78, 5) is 12.0. The van der Waals surface area contributed by atoms with Crippen LogP contribution in [0.15, 0.2) is 0 Å². The molecule has 3 heteroatoms. The fraction of sp³-hybridized carbons (Fsp3) is 0.917. The highest BCUT2D eigenvalue weighted by atomic mass is 16.5. The first kappa shape index (κ1) is 10.9. The van der Waals surface area contributed by atoms with Crippen molar-refractivity contribution in [2.45, 2.75) is 39.0 Å². The second kappa shape index (κ2) is 4.52. The zero-order valence-corrected chi connectivity index (χ0v) is 9.55. The molecule has 1 aliphatic carbocycles. The average molecular weight is 211 g/mol. The van der Waals surface area contributed by atoms with Crippen molar-refractivity contribution in [2.75, 3.05) is 19.7 Å². The van der Waals surface area contributed by atoms with Crippen LogP contribution in [0.3, 0.4) is 0 Å². The highest BCUT2D eigenvalue weighted by Crippen LogP contribution is 2.44. The third kappa shape index (κ3) is 2.51. The molecule has 2 aliphatic rings. The summed E-state index contributed by atoms with van der Waals surface area (Å²) in [6.45, 7) is 4.26. The van der Waals surface area contributed by atoms with Crippen molar-refractivity contribution in [1.29, 1.82) is 0 Å². The third-order valence-electron chi connectivity index (χ3n) is 3.56. The lowest BCUT2D eigenvalue weighted by atomic mass is 9.76. The maximum atomic E-state index is 12.0. The van der Waals surface area contributed by atoms with Crippen molar-refractivity contribution in [3.05, 3.63) is 0 Å². The number of piperidine rings is 1. The number of carbonyl (C=O) groups excluding carboxylic acids is 1. The summed E-state index contributed by atoms with van der Waals surface area (Å²) < 4.78 is 5.23. The van der Waals surface area contributed by atoms with E-state index in [1.54, 1.807) is 0 Å². The van der Waals surface area contributed by atoms with Gasteiger partial charge in [0.25, 0.3) is 0 Å². The van der Waals surface area contributed by atoms with Crippen molar-refractivity contribution < 1.29 is 9.53 Å². The third-order valence-corrected chi connectivity index (χ3v) is 3.56. The molecule has 0 radical (unpaired) electrons. The molecular formula is C12H21NO2. The quantitative estimate of drug-likeness (QED) is 0.720. The molecule has 1 heterocycles. The Hall–Kier alpha value is -0.570. The molecule has 2 rings (SSSR count). The van der Waals surface area contributed by atoms with Gasteiger partial charge in [0.2, 0.25) is 0 Å². The highest BCUT2D eigenvalue weighted by Gasteiger charge is 2.44. The molecule has 0 aromatic heterocycles. The standard InChI is InChI=1S/C12H21NO2/c1-2-15-11(14)12(8-10-4-5-10)6-3-7-13-9-12/h10,13H,2-9H2,1H3/t12-/m0/s1. The van der Waals surface area contributed by atoms with E-state index in [4.69, 9.17) is 4.74 Å². The second-order valence-corrected chi connectivity index (χ2v) is 4.93. The van der Waals surface area contributed by atoms with Crippen molar-refractivity contribution in [3.63, 3.8) is 0 Å². The molecule has 0 aromatic rings. The van der Waals surface area contributed by atoms with Crippen molar-refractivity contribution in [1.82, 2.24) is 5.32 Å². The van der Waals surface area contributed by atoms with Crippen LogP contribution < -0.4 is 5.32 Å². The molecule has 0 amide bonds. The first-order valence-electron chi connectivity index (χ1n) is 6.15. The summed E-state index contributed by atoms with van der Waals surface area (Å²) in [5, 5.41) is 3.35. The number of nitrogens with one attached hydrogen (secondary N) is 1. The minimum Gasteiger partial charge on any atom is -0.466 e. The zero-order chi connectivity index (χ0) is 10.7. The van der Waals surface area contributed by atoms with E-state index in [2.05, 4.69) is 5.32 Å². The van der Waals surface area contributed by atoms with Gasteiger partial charge in [-0.25, -0.2) is 0 Å². The van der Waals surface area contributed by atoms with Crippen LogP contribution in [0.2, 0.25) is 0 Å². The predicted octanol–water partition coefficient (Wildman–Crippen LogP) is 1.72. The summed E-state index contributed by atoms with van der Waals surface area (Å²) in [6.07, 6.45) is 5.77. The molecule has 1 saturated heterocycles. The first-order chi connectivity index (χ1) is 7.27. The lowest BCUT2D eigenvalue weighted by Gasteiger charge is -2.35. The lowest BCUT2D eigenvalue weighted by molar-refractivity contribution is -0.157. The van der Waals surface area contributed by atoms with Gasteiger partial charge in [-0.05, 0) is 38.6 Å². The fourth-order valence-electron chi connectivity index (χ4n) is 2.56. The van der Waals surface area contributed by atoms with Crippen LogP contribution in [-0.2, 0) is 9.53 Å². The summed E-state index contributed by atoms with van der Waals surface area (Å²) in [7, 11) is 0. The molecule has 1 aliphatic heterocycles. The van der Waals surface area contributed by atoms with Gasteiger partial charge in [-0.15, -0.1) is 0 Å². The van der Waals surface area contributed by atoms with E-state index < -0.39 is 0 Å². The van der Waals surface area contributed by atoms with E-state index in [1.165, 1.54) is 12.8 Å². The van der Waals surface area contributed by atoms with Crippen LogP contribution in [-0.4, -0.2) is 25.7 Å². The summed E-state index contributed by atoms with van der Waals surface area (Å²) in [5.41, 5.74) is -0.199. The molecule has 1 saturated carbocycles. The van der Waals surface area contributed by atoms with Crippen LogP contribution >= 0.6 is 0 Å². The Bertz CT molecular complexity index is 230. The highest BCUT2D eigenvalue weighted by molar-refractivity contribution is 5.77. The fourth-order valence-corrected chi connectivity index (χ4v) is 2.56. The maximum absolute atomic E-state index is 12.0. The first-order valence-corrected chi connectivity index (χ1v) is 6.15. The number of ether oxygens (including phenoxy) is 1. The lowest BCUT2D eigenvalue weighted by Crippen LogP contribution is -2.46. The number of hydrogen-bond acceptors (Lipinski definition) is 3. The minimum absolute atomic E-state index is 0.0316. The molecule has 0 spiro atoms. The van der Waals surface area contributed by atoms with Gasteiger partial charge in [0.05, 0.1) is 12.0 Å². The van der Waals surface area contributed by atoms with Gasteiger partial charge in [0.1, 0.15) is 0 Å². The number of esters is 1.